The van der Waals surface area contributed by atoms with Gasteiger partial charge in [0.2, 0.25) is 0 Å². The van der Waals surface area contributed by atoms with Crippen molar-refractivity contribution in [2.75, 3.05) is 5.32 Å². The normalized spacial score (nSPS) is 10.4. The van der Waals surface area contributed by atoms with Crippen molar-refractivity contribution in [1.82, 2.24) is 9.97 Å². The summed E-state index contributed by atoms with van der Waals surface area (Å²) < 4.78 is 1.06. The third-order valence-corrected chi connectivity index (χ3v) is 3.83. The highest BCUT2D eigenvalue weighted by Crippen LogP contribution is 2.23. The average Bonchev–Trinajstić information content (AvgIpc) is 2.67. The molecule has 0 aliphatic rings. The van der Waals surface area contributed by atoms with Crippen molar-refractivity contribution in [3.05, 3.63) is 42.5 Å². The second-order valence-electron chi connectivity index (χ2n) is 2.95. The minimum Gasteiger partial charge on any atom is -0.364 e. The van der Waals surface area contributed by atoms with E-state index < -0.39 is 0 Å². The minimum atomic E-state index is -0.341. The highest BCUT2D eigenvalue weighted by Gasteiger charge is 2.05. The van der Waals surface area contributed by atoms with E-state index in [0.717, 1.165) is 8.66 Å². The van der Waals surface area contributed by atoms with E-state index in [-0.39, 0.29) is 10.6 Å². The van der Waals surface area contributed by atoms with Gasteiger partial charge in [0.05, 0.1) is 16.7 Å². The van der Waals surface area contributed by atoms with E-state index >= 15 is 0 Å². The average molecular weight is 321 g/mol. The SMILES string of the molecule is O=c1[nH]cnc(NCc2ccc(Br)s2)c1Cl. The molecule has 0 fully saturated rings. The van der Waals surface area contributed by atoms with Crippen LogP contribution in [-0.4, -0.2) is 9.97 Å². The Morgan fingerprint density at radius 1 is 1.56 bits per heavy atom. The van der Waals surface area contributed by atoms with Gasteiger partial charge in [0.15, 0.2) is 5.82 Å². The standard InChI is InChI=1S/C9H7BrClN3OS/c10-6-2-1-5(16-6)3-12-8-7(11)9(15)14-4-13-8/h1-2,4H,3H2,(H2,12,13,14,15). The van der Waals surface area contributed by atoms with Crippen molar-refractivity contribution >= 4 is 44.7 Å². The molecule has 0 spiro atoms. The van der Waals surface area contributed by atoms with Crippen LogP contribution in [0.2, 0.25) is 5.02 Å². The molecule has 0 unspecified atom stereocenters. The van der Waals surface area contributed by atoms with Crippen LogP contribution in [0.1, 0.15) is 4.88 Å². The highest BCUT2D eigenvalue weighted by molar-refractivity contribution is 9.11. The maximum atomic E-state index is 11.2. The Balaban J connectivity index is 2.10. The van der Waals surface area contributed by atoms with Gasteiger partial charge in [-0.05, 0) is 28.1 Å². The van der Waals surface area contributed by atoms with Crippen LogP contribution in [0.4, 0.5) is 5.82 Å². The van der Waals surface area contributed by atoms with Crippen molar-refractivity contribution in [3.63, 3.8) is 0 Å². The number of nitrogens with one attached hydrogen (secondary N) is 2. The van der Waals surface area contributed by atoms with Gasteiger partial charge in [-0.25, -0.2) is 4.98 Å². The lowest BCUT2D eigenvalue weighted by atomic mass is 10.4. The Morgan fingerprint density at radius 3 is 3.06 bits per heavy atom. The number of aromatic amines is 1. The highest BCUT2D eigenvalue weighted by atomic mass is 79.9. The first kappa shape index (κ1) is 11.6. The predicted molar refractivity (Wildman–Crippen MR) is 69.2 cm³/mol. The summed E-state index contributed by atoms with van der Waals surface area (Å²) in [6.07, 6.45) is 1.32. The number of nitrogens with zero attached hydrogens (tertiary/aromatic N) is 1. The fourth-order valence-electron chi connectivity index (χ4n) is 1.12. The van der Waals surface area contributed by atoms with E-state index in [4.69, 9.17) is 11.6 Å². The van der Waals surface area contributed by atoms with Crippen molar-refractivity contribution in [2.24, 2.45) is 0 Å². The van der Waals surface area contributed by atoms with E-state index in [1.165, 1.54) is 6.33 Å². The zero-order chi connectivity index (χ0) is 11.5. The van der Waals surface area contributed by atoms with Gasteiger partial charge in [0.25, 0.3) is 5.56 Å². The van der Waals surface area contributed by atoms with Gasteiger partial charge in [0, 0.05) is 4.88 Å². The molecule has 0 amide bonds. The van der Waals surface area contributed by atoms with E-state index in [1.807, 2.05) is 12.1 Å². The Hall–Kier alpha value is -0.850. The molecule has 84 valence electrons. The molecule has 0 saturated heterocycles. The lowest BCUT2D eigenvalue weighted by Crippen LogP contribution is -2.11. The molecule has 0 atom stereocenters. The van der Waals surface area contributed by atoms with Crippen LogP contribution in [0, 0.1) is 0 Å². The Labute approximate surface area is 109 Å². The van der Waals surface area contributed by atoms with E-state index in [0.29, 0.717) is 12.4 Å². The summed E-state index contributed by atoms with van der Waals surface area (Å²) in [4.78, 5) is 18.7. The van der Waals surface area contributed by atoms with E-state index in [2.05, 4.69) is 31.2 Å². The van der Waals surface area contributed by atoms with Crippen LogP contribution in [0.5, 0.6) is 0 Å². The van der Waals surface area contributed by atoms with Gasteiger partial charge in [-0.3, -0.25) is 4.79 Å². The molecule has 2 rings (SSSR count). The third kappa shape index (κ3) is 2.63. The molecule has 2 aromatic heterocycles. The fourth-order valence-corrected chi connectivity index (χ4v) is 2.72. The molecular weight excluding hydrogens is 314 g/mol. The van der Waals surface area contributed by atoms with Gasteiger partial charge in [-0.2, -0.15) is 0 Å². The van der Waals surface area contributed by atoms with Crippen molar-refractivity contribution in [2.45, 2.75) is 6.54 Å². The van der Waals surface area contributed by atoms with Crippen molar-refractivity contribution in [1.29, 1.82) is 0 Å². The lowest BCUT2D eigenvalue weighted by Gasteiger charge is -2.04. The lowest BCUT2D eigenvalue weighted by molar-refractivity contribution is 1.07. The number of H-pyrrole nitrogens is 1. The van der Waals surface area contributed by atoms with Crippen LogP contribution < -0.4 is 10.9 Å². The quantitative estimate of drug-likeness (QED) is 0.914. The van der Waals surface area contributed by atoms with Crippen LogP contribution in [0.25, 0.3) is 0 Å². The smallest absolute Gasteiger partial charge is 0.271 e. The van der Waals surface area contributed by atoms with Crippen LogP contribution in [-0.2, 0) is 6.54 Å². The maximum Gasteiger partial charge on any atom is 0.271 e. The Morgan fingerprint density at radius 2 is 2.38 bits per heavy atom. The van der Waals surface area contributed by atoms with Gasteiger partial charge in [-0.1, -0.05) is 11.6 Å². The predicted octanol–water partition coefficient (Wildman–Crippen LogP) is 2.86. The first-order chi connectivity index (χ1) is 7.66. The summed E-state index contributed by atoms with van der Waals surface area (Å²) in [5.41, 5.74) is -0.341. The summed E-state index contributed by atoms with van der Waals surface area (Å²) in [5, 5.41) is 3.09. The third-order valence-electron chi connectivity index (χ3n) is 1.86. The van der Waals surface area contributed by atoms with Crippen molar-refractivity contribution < 1.29 is 0 Å². The molecule has 0 bridgehead atoms. The zero-order valence-electron chi connectivity index (χ0n) is 7.96. The minimum absolute atomic E-state index is 0.0816. The van der Waals surface area contributed by atoms with Crippen LogP contribution >= 0.6 is 38.9 Å². The molecule has 0 aliphatic carbocycles. The molecule has 2 heterocycles. The first-order valence-corrected chi connectivity index (χ1v) is 6.37. The number of rotatable bonds is 3. The molecular formula is C9H7BrClN3OS. The first-order valence-electron chi connectivity index (χ1n) is 4.38. The zero-order valence-corrected chi connectivity index (χ0v) is 11.1. The van der Waals surface area contributed by atoms with Gasteiger partial charge < -0.3 is 10.3 Å². The monoisotopic (exact) mass is 319 g/mol. The van der Waals surface area contributed by atoms with E-state index in [9.17, 15) is 4.79 Å². The topological polar surface area (TPSA) is 57.8 Å². The van der Waals surface area contributed by atoms with Crippen molar-refractivity contribution in [3.8, 4) is 0 Å². The molecule has 0 saturated carbocycles. The second kappa shape index (κ2) is 4.99. The molecule has 0 aliphatic heterocycles. The Kier molecular flexibility index (Phi) is 3.63. The summed E-state index contributed by atoms with van der Waals surface area (Å²) >= 11 is 10.8. The molecule has 0 aromatic carbocycles. The van der Waals surface area contributed by atoms with E-state index in [1.54, 1.807) is 11.3 Å². The second-order valence-corrected chi connectivity index (χ2v) is 5.88. The summed E-state index contributed by atoms with van der Waals surface area (Å²) in [6.45, 7) is 0.590. The number of aromatic nitrogens is 2. The van der Waals surface area contributed by atoms with Crippen LogP contribution in [0.3, 0.4) is 0 Å². The van der Waals surface area contributed by atoms with Gasteiger partial charge in [0.1, 0.15) is 5.02 Å². The summed E-state index contributed by atoms with van der Waals surface area (Å²) in [5.74, 6) is 0.398. The number of halogens is 2. The fraction of sp³-hybridized carbons (Fsp3) is 0.111. The Bertz CT molecular complexity index is 554. The summed E-state index contributed by atoms with van der Waals surface area (Å²) in [6, 6.07) is 3.96. The van der Waals surface area contributed by atoms with Crippen LogP contribution in [0.15, 0.2) is 27.0 Å². The number of thiophene rings is 1. The molecule has 16 heavy (non-hydrogen) atoms. The molecule has 2 aromatic rings. The molecule has 4 nitrogen and oxygen atoms in total. The number of hydrogen-bond donors (Lipinski definition) is 2. The van der Waals surface area contributed by atoms with Gasteiger partial charge >= 0.3 is 0 Å². The number of anilines is 1. The largest absolute Gasteiger partial charge is 0.364 e. The molecule has 0 radical (unpaired) electrons. The number of hydrogen-bond acceptors (Lipinski definition) is 4. The maximum absolute atomic E-state index is 11.2. The molecule has 7 heteroatoms. The molecule has 2 N–H and O–H groups in total. The summed E-state index contributed by atoms with van der Waals surface area (Å²) in [7, 11) is 0. The van der Waals surface area contributed by atoms with Gasteiger partial charge in [-0.15, -0.1) is 11.3 Å².